The van der Waals surface area contributed by atoms with E-state index in [0.29, 0.717) is 34.0 Å². The van der Waals surface area contributed by atoms with E-state index in [1.54, 1.807) is 12.1 Å². The van der Waals surface area contributed by atoms with Crippen molar-refractivity contribution in [1.82, 2.24) is 0 Å². The smallest absolute Gasteiger partial charge is 0.349 e. The fourth-order valence-electron chi connectivity index (χ4n) is 4.83. The van der Waals surface area contributed by atoms with E-state index in [2.05, 4.69) is 14.1 Å². The van der Waals surface area contributed by atoms with Crippen LogP contribution in [0, 0.1) is 0 Å². The van der Waals surface area contributed by atoms with Gasteiger partial charge in [0.25, 0.3) is 0 Å². The number of hydrogen-bond donors (Lipinski definition) is 1. The van der Waals surface area contributed by atoms with Crippen molar-refractivity contribution in [2.75, 3.05) is 14.1 Å². The van der Waals surface area contributed by atoms with Gasteiger partial charge in [0.05, 0.1) is 23.8 Å². The van der Waals surface area contributed by atoms with Crippen molar-refractivity contribution >= 4 is 62.6 Å². The minimum Gasteiger partial charge on any atom is -1.00 e. The number of likely N-dealkylation sites (N-methyl/N-ethyl adjacent to an activating group) is 1. The number of rotatable bonds is 4. The second kappa shape index (κ2) is 8.97. The number of thiophene rings is 2. The molecule has 3 aliphatic rings. The summed E-state index contributed by atoms with van der Waals surface area (Å²) in [6.07, 6.45) is 2.05. The summed E-state index contributed by atoms with van der Waals surface area (Å²) in [4.78, 5) is 14.3. The van der Waals surface area contributed by atoms with Crippen LogP contribution in [0.15, 0.2) is 35.0 Å². The molecule has 3 saturated heterocycles. The van der Waals surface area contributed by atoms with Gasteiger partial charge in [-0.2, -0.15) is 0 Å². The molecule has 2 aromatic rings. The number of aliphatic hydroxyl groups is 1. The summed E-state index contributed by atoms with van der Waals surface area (Å²) in [5.41, 5.74) is -1.72. The quantitative estimate of drug-likeness (QED) is 0.303. The molecule has 1 N–H and O–H groups in total. The summed E-state index contributed by atoms with van der Waals surface area (Å²) < 4.78 is 12.6. The normalized spacial score (nSPS) is 30.8. The van der Waals surface area contributed by atoms with E-state index >= 15 is 0 Å². The molecule has 0 amide bonds. The molecular weight excluding hydrogens is 610 g/mol. The lowest BCUT2D eigenvalue weighted by Gasteiger charge is -2.45. The van der Waals surface area contributed by atoms with Crippen LogP contribution >= 0.6 is 56.6 Å². The number of quaternary nitrogens is 1. The first-order valence-electron chi connectivity index (χ1n) is 8.92. The molecule has 5 atom stereocenters. The Morgan fingerprint density at radius 2 is 1.59 bits per heavy atom. The van der Waals surface area contributed by atoms with Crippen LogP contribution in [0.1, 0.15) is 22.6 Å². The minimum absolute atomic E-state index is 0. The first-order valence-corrected chi connectivity index (χ1v) is 10.7. The number of ether oxygens (including phenoxy) is 2. The summed E-state index contributed by atoms with van der Waals surface area (Å²) >= 11 is 2.74. The Bertz CT molecular complexity index is 776. The standard InChI is InChI=1S/C19H22NO4S2.3BrH/c1-20(2)12-9-11(10-13(20)17-16(12)24-17)23-18(21)19(22,14-5-3-7-25-14)15-6-4-8-26-15;;;/h3-8,11-13,16-17,22H,9-10H2,1-2H3;3*1H/q+1;;;/p-1/t11?,12-,13+,16-,17+;;;. The highest BCUT2D eigenvalue weighted by Crippen LogP contribution is 2.52. The van der Waals surface area contributed by atoms with Gasteiger partial charge in [-0.05, 0) is 22.9 Å². The maximum absolute atomic E-state index is 13.1. The van der Waals surface area contributed by atoms with Gasteiger partial charge >= 0.3 is 5.97 Å². The number of epoxide rings is 1. The predicted octanol–water partition coefficient (Wildman–Crippen LogP) is 0.505. The van der Waals surface area contributed by atoms with Crippen LogP contribution < -0.4 is 17.0 Å². The van der Waals surface area contributed by atoms with Crippen molar-refractivity contribution in [2.24, 2.45) is 0 Å². The van der Waals surface area contributed by atoms with Crippen LogP contribution in [0.3, 0.4) is 0 Å². The first-order chi connectivity index (χ1) is 12.4. The van der Waals surface area contributed by atoms with Crippen molar-refractivity contribution in [3.05, 3.63) is 44.8 Å². The third-order valence-corrected chi connectivity index (χ3v) is 8.32. The van der Waals surface area contributed by atoms with Crippen LogP contribution in [0.4, 0.5) is 0 Å². The van der Waals surface area contributed by atoms with Crippen LogP contribution in [0.5, 0.6) is 0 Å². The van der Waals surface area contributed by atoms with Gasteiger partial charge < -0.3 is 36.0 Å². The number of morpholine rings is 1. The van der Waals surface area contributed by atoms with Gasteiger partial charge in [0.2, 0.25) is 5.60 Å². The van der Waals surface area contributed by atoms with Gasteiger partial charge in [0, 0.05) is 12.8 Å². The number of hydrogen-bond acceptors (Lipinski definition) is 6. The average Bonchev–Trinajstić information content (AvgIpc) is 2.98. The number of esters is 1. The Morgan fingerprint density at radius 3 is 2.00 bits per heavy atom. The highest BCUT2D eigenvalue weighted by molar-refractivity contribution is 8.93. The number of halogens is 3. The monoisotopic (exact) mass is 631 g/mol. The molecule has 2 bridgehead atoms. The first kappa shape index (κ1) is 25.5. The molecule has 0 aromatic carbocycles. The van der Waals surface area contributed by atoms with Gasteiger partial charge in [-0.1, -0.05) is 12.1 Å². The molecule has 5 heterocycles. The van der Waals surface area contributed by atoms with E-state index in [1.165, 1.54) is 22.7 Å². The predicted molar refractivity (Wildman–Crippen MR) is 120 cm³/mol. The van der Waals surface area contributed by atoms with Crippen LogP contribution in [-0.4, -0.2) is 60.0 Å². The van der Waals surface area contributed by atoms with Gasteiger partial charge in [0.15, 0.2) is 0 Å². The van der Waals surface area contributed by atoms with Crippen molar-refractivity contribution in [2.45, 2.75) is 48.8 Å². The van der Waals surface area contributed by atoms with Crippen LogP contribution in [0.2, 0.25) is 0 Å². The number of carbonyl (C=O) groups excluding carboxylic acids is 1. The number of carbonyl (C=O) groups is 1. The Labute approximate surface area is 209 Å². The van der Waals surface area contributed by atoms with Crippen molar-refractivity contribution in [3.63, 3.8) is 0 Å². The third-order valence-electron chi connectivity index (χ3n) is 6.36. The summed E-state index contributed by atoms with van der Waals surface area (Å²) in [7, 11) is 4.49. The van der Waals surface area contributed by atoms with Gasteiger partial charge in [-0.25, -0.2) is 4.79 Å². The molecule has 0 saturated carbocycles. The summed E-state index contributed by atoms with van der Waals surface area (Å²) in [6, 6.07) is 8.01. The number of piperidine rings is 1. The molecule has 162 valence electrons. The Morgan fingerprint density at radius 1 is 1.10 bits per heavy atom. The largest absolute Gasteiger partial charge is 1.00 e. The summed E-state index contributed by atoms with van der Waals surface area (Å²) in [5, 5.41) is 15.1. The highest BCUT2D eigenvalue weighted by atomic mass is 79.9. The van der Waals surface area contributed by atoms with Crippen molar-refractivity contribution in [3.8, 4) is 0 Å². The third kappa shape index (κ3) is 3.92. The molecule has 10 heteroatoms. The zero-order valence-electron chi connectivity index (χ0n) is 15.9. The SMILES string of the molecule is Br.Br.C[N+]1(C)[C@@H]2CC(OC(=O)C(O)(c3cccs3)c3cccs3)C[C@H]1[C@@H]1O[C@@H]12.[Br-]. The Hall–Kier alpha value is 0.190. The molecule has 5 nitrogen and oxygen atoms in total. The van der Waals surface area contributed by atoms with Crippen molar-refractivity contribution < 1.29 is 40.8 Å². The molecule has 5 rings (SSSR count). The maximum Gasteiger partial charge on any atom is 0.349 e. The summed E-state index contributed by atoms with van der Waals surface area (Å²) in [5.74, 6) is -0.561. The Kier molecular flexibility index (Phi) is 7.88. The number of nitrogens with zero attached hydrogens (tertiary/aromatic N) is 1. The lowest BCUT2D eigenvalue weighted by atomic mass is 9.95. The molecule has 2 aromatic heterocycles. The molecule has 0 spiro atoms. The molecule has 29 heavy (non-hydrogen) atoms. The molecule has 0 radical (unpaired) electrons. The highest BCUT2D eigenvalue weighted by Gasteiger charge is 2.71. The second-order valence-corrected chi connectivity index (χ2v) is 9.89. The maximum atomic E-state index is 13.1. The molecule has 0 aliphatic carbocycles. The summed E-state index contributed by atoms with van der Waals surface area (Å²) in [6.45, 7) is 0. The van der Waals surface area contributed by atoms with Crippen LogP contribution in [0.25, 0.3) is 0 Å². The lowest BCUT2D eigenvalue weighted by molar-refractivity contribution is -0.938. The van der Waals surface area contributed by atoms with E-state index < -0.39 is 11.6 Å². The minimum atomic E-state index is -1.72. The zero-order chi connectivity index (χ0) is 18.1. The molecule has 1 unspecified atom stereocenters. The van der Waals surface area contributed by atoms with E-state index in [9.17, 15) is 9.90 Å². The van der Waals surface area contributed by atoms with E-state index in [-0.39, 0.29) is 57.0 Å². The van der Waals surface area contributed by atoms with E-state index in [4.69, 9.17) is 9.47 Å². The number of fused-ring (bicyclic) bond motifs is 5. The average molecular weight is 634 g/mol. The van der Waals surface area contributed by atoms with Gasteiger partial charge in [-0.15, -0.1) is 56.6 Å². The van der Waals surface area contributed by atoms with Gasteiger partial charge in [-0.3, -0.25) is 0 Å². The fraction of sp³-hybridized carbons (Fsp3) is 0.526. The van der Waals surface area contributed by atoms with Gasteiger partial charge in [0.1, 0.15) is 30.4 Å². The topological polar surface area (TPSA) is 59.1 Å². The van der Waals surface area contributed by atoms with E-state index in [0.717, 1.165) is 17.3 Å². The second-order valence-electron chi connectivity index (χ2n) is 7.99. The molecule has 3 fully saturated rings. The lowest BCUT2D eigenvalue weighted by Crippen LogP contribution is -3.00. The Balaban J connectivity index is 0.000001000. The van der Waals surface area contributed by atoms with Crippen molar-refractivity contribution in [1.29, 1.82) is 0 Å². The fourth-order valence-corrected chi connectivity index (χ4v) is 6.54. The zero-order valence-corrected chi connectivity index (χ0v) is 22.5. The molecule has 3 aliphatic heterocycles. The van der Waals surface area contributed by atoms with E-state index in [1.807, 2.05) is 22.9 Å². The molecular formula is C19H24Br3NO4S2. The van der Waals surface area contributed by atoms with Crippen LogP contribution in [-0.2, 0) is 19.9 Å².